The Kier molecular flexibility index (Phi) is 5.79. The zero-order valence-electron chi connectivity index (χ0n) is 13.4. The van der Waals surface area contributed by atoms with Gasteiger partial charge in [-0.05, 0) is 29.5 Å². The van der Waals surface area contributed by atoms with Gasteiger partial charge in [0, 0.05) is 18.2 Å². The smallest absolute Gasteiger partial charge is 0.248 e. The standard InChI is InChI=1S/C19H18F3NO/c1-12(2)9-14-5-3-13(4-6-14)7-8-19(24)23-18-11-16(21)15(20)10-17(18)22/h3-8,10-12H,9H2,1-2H3,(H,23,24). The maximum atomic E-state index is 13.5. The molecule has 2 aromatic carbocycles. The molecule has 2 aromatic rings. The van der Waals surface area contributed by atoms with Gasteiger partial charge in [0.1, 0.15) is 5.82 Å². The van der Waals surface area contributed by atoms with Crippen LogP contribution >= 0.6 is 0 Å². The summed E-state index contributed by atoms with van der Waals surface area (Å²) in [5.41, 5.74) is 1.61. The minimum absolute atomic E-state index is 0.391. The van der Waals surface area contributed by atoms with Crippen LogP contribution < -0.4 is 5.32 Å². The molecule has 0 aromatic heterocycles. The molecule has 0 spiro atoms. The first-order chi connectivity index (χ1) is 11.3. The molecule has 1 N–H and O–H groups in total. The van der Waals surface area contributed by atoms with Gasteiger partial charge in [-0.1, -0.05) is 38.1 Å². The fourth-order valence-electron chi connectivity index (χ4n) is 2.20. The molecule has 5 heteroatoms. The zero-order valence-corrected chi connectivity index (χ0v) is 13.4. The molecule has 0 unspecified atom stereocenters. The number of carbonyl (C=O) groups is 1. The van der Waals surface area contributed by atoms with Gasteiger partial charge in [0.2, 0.25) is 5.91 Å². The highest BCUT2D eigenvalue weighted by atomic mass is 19.2. The van der Waals surface area contributed by atoms with Gasteiger partial charge in [-0.2, -0.15) is 0 Å². The highest BCUT2D eigenvalue weighted by molar-refractivity contribution is 6.02. The van der Waals surface area contributed by atoms with E-state index in [1.807, 2.05) is 24.3 Å². The highest BCUT2D eigenvalue weighted by Gasteiger charge is 2.11. The molecule has 0 radical (unpaired) electrons. The van der Waals surface area contributed by atoms with Crippen LogP contribution in [0.5, 0.6) is 0 Å². The van der Waals surface area contributed by atoms with E-state index in [4.69, 9.17) is 0 Å². The van der Waals surface area contributed by atoms with Crippen molar-refractivity contribution in [1.29, 1.82) is 0 Å². The van der Waals surface area contributed by atoms with E-state index >= 15 is 0 Å². The highest BCUT2D eigenvalue weighted by Crippen LogP contribution is 2.18. The van der Waals surface area contributed by atoms with E-state index in [0.29, 0.717) is 18.1 Å². The van der Waals surface area contributed by atoms with Crippen LogP contribution in [0, 0.1) is 23.4 Å². The molecule has 126 valence electrons. The molecular formula is C19H18F3NO. The second-order valence-electron chi connectivity index (χ2n) is 5.91. The summed E-state index contributed by atoms with van der Waals surface area (Å²) < 4.78 is 39.4. The lowest BCUT2D eigenvalue weighted by Crippen LogP contribution is -2.10. The Morgan fingerprint density at radius 2 is 1.67 bits per heavy atom. The average molecular weight is 333 g/mol. The first kappa shape index (κ1) is 17.8. The molecule has 0 heterocycles. The summed E-state index contributed by atoms with van der Waals surface area (Å²) in [6.07, 6.45) is 3.74. The third-order valence-electron chi connectivity index (χ3n) is 3.32. The summed E-state index contributed by atoms with van der Waals surface area (Å²) >= 11 is 0. The number of halogens is 3. The molecule has 0 aliphatic rings. The van der Waals surface area contributed by atoms with Gasteiger partial charge in [0.25, 0.3) is 0 Å². The molecule has 2 nitrogen and oxygen atoms in total. The zero-order chi connectivity index (χ0) is 17.7. The number of nitrogens with one attached hydrogen (secondary N) is 1. The molecule has 24 heavy (non-hydrogen) atoms. The number of hydrogen-bond acceptors (Lipinski definition) is 1. The maximum Gasteiger partial charge on any atom is 0.248 e. The van der Waals surface area contributed by atoms with Gasteiger partial charge >= 0.3 is 0 Å². The van der Waals surface area contributed by atoms with Crippen LogP contribution in [-0.2, 0) is 11.2 Å². The topological polar surface area (TPSA) is 29.1 Å². The van der Waals surface area contributed by atoms with Crippen LogP contribution in [0.4, 0.5) is 18.9 Å². The van der Waals surface area contributed by atoms with Crippen molar-refractivity contribution < 1.29 is 18.0 Å². The first-order valence-corrected chi connectivity index (χ1v) is 7.57. The Hall–Kier alpha value is -2.56. The summed E-state index contributed by atoms with van der Waals surface area (Å²) in [5.74, 6) is -3.64. The largest absolute Gasteiger partial charge is 0.320 e. The molecule has 0 atom stereocenters. The molecule has 0 fully saturated rings. The monoisotopic (exact) mass is 333 g/mol. The third kappa shape index (κ3) is 4.98. The van der Waals surface area contributed by atoms with Crippen molar-refractivity contribution in [2.45, 2.75) is 20.3 Å². The number of amides is 1. The van der Waals surface area contributed by atoms with Crippen LogP contribution in [0.15, 0.2) is 42.5 Å². The number of carbonyl (C=O) groups excluding carboxylic acids is 1. The van der Waals surface area contributed by atoms with Gasteiger partial charge in [-0.25, -0.2) is 13.2 Å². The van der Waals surface area contributed by atoms with E-state index in [1.165, 1.54) is 11.6 Å². The predicted molar refractivity (Wildman–Crippen MR) is 89.0 cm³/mol. The SMILES string of the molecule is CC(C)Cc1ccc(C=CC(=O)Nc2cc(F)c(F)cc2F)cc1. The van der Waals surface area contributed by atoms with Gasteiger partial charge in [-0.15, -0.1) is 0 Å². The summed E-state index contributed by atoms with van der Waals surface area (Å²) in [6.45, 7) is 4.27. The van der Waals surface area contributed by atoms with Gasteiger partial charge in [0.05, 0.1) is 5.69 Å². The first-order valence-electron chi connectivity index (χ1n) is 7.57. The van der Waals surface area contributed by atoms with Crippen molar-refractivity contribution in [3.63, 3.8) is 0 Å². The Bertz CT molecular complexity index is 752. The van der Waals surface area contributed by atoms with E-state index in [2.05, 4.69) is 19.2 Å². The maximum absolute atomic E-state index is 13.5. The Labute approximate surface area is 139 Å². The Morgan fingerprint density at radius 3 is 2.29 bits per heavy atom. The van der Waals surface area contributed by atoms with Crippen LogP contribution in [0.2, 0.25) is 0 Å². The van der Waals surface area contributed by atoms with Crippen molar-refractivity contribution in [1.82, 2.24) is 0 Å². The summed E-state index contributed by atoms with van der Waals surface area (Å²) in [4.78, 5) is 11.8. The quantitative estimate of drug-likeness (QED) is 0.608. The number of benzene rings is 2. The second kappa shape index (κ2) is 7.81. The molecule has 1 amide bonds. The summed E-state index contributed by atoms with van der Waals surface area (Å²) in [6, 6.07) is 8.71. The Balaban J connectivity index is 2.01. The molecule has 0 bridgehead atoms. The lowest BCUT2D eigenvalue weighted by molar-refractivity contribution is -0.111. The normalized spacial score (nSPS) is 11.2. The predicted octanol–water partition coefficient (Wildman–Crippen LogP) is 4.95. The molecule has 0 saturated carbocycles. The third-order valence-corrected chi connectivity index (χ3v) is 3.32. The lowest BCUT2D eigenvalue weighted by atomic mass is 10.0. The minimum atomic E-state index is -1.30. The number of hydrogen-bond donors (Lipinski definition) is 1. The molecule has 0 aliphatic carbocycles. The molecule has 0 saturated heterocycles. The van der Waals surface area contributed by atoms with E-state index < -0.39 is 29.0 Å². The summed E-state index contributed by atoms with van der Waals surface area (Å²) in [5, 5.41) is 2.18. The van der Waals surface area contributed by atoms with Crippen LogP contribution in [-0.4, -0.2) is 5.91 Å². The minimum Gasteiger partial charge on any atom is -0.320 e. The summed E-state index contributed by atoms with van der Waals surface area (Å²) in [7, 11) is 0. The van der Waals surface area contributed by atoms with E-state index in [9.17, 15) is 18.0 Å². The van der Waals surface area contributed by atoms with Crippen LogP contribution in [0.25, 0.3) is 6.08 Å². The second-order valence-corrected chi connectivity index (χ2v) is 5.91. The molecule has 2 rings (SSSR count). The van der Waals surface area contributed by atoms with E-state index in [-0.39, 0.29) is 0 Å². The van der Waals surface area contributed by atoms with Crippen molar-refractivity contribution in [2.24, 2.45) is 5.92 Å². The van der Waals surface area contributed by atoms with E-state index in [1.54, 1.807) is 6.08 Å². The fourth-order valence-corrected chi connectivity index (χ4v) is 2.20. The van der Waals surface area contributed by atoms with Gasteiger partial charge in [0.15, 0.2) is 11.6 Å². The molecule has 0 aliphatic heterocycles. The van der Waals surface area contributed by atoms with Gasteiger partial charge in [-0.3, -0.25) is 4.79 Å². The van der Waals surface area contributed by atoms with Crippen molar-refractivity contribution >= 4 is 17.7 Å². The van der Waals surface area contributed by atoms with Crippen LogP contribution in [0.1, 0.15) is 25.0 Å². The Morgan fingerprint density at radius 1 is 1.04 bits per heavy atom. The van der Waals surface area contributed by atoms with Crippen LogP contribution in [0.3, 0.4) is 0 Å². The fraction of sp³-hybridized carbons (Fsp3) is 0.211. The van der Waals surface area contributed by atoms with Crippen molar-refractivity contribution in [3.8, 4) is 0 Å². The van der Waals surface area contributed by atoms with Crippen molar-refractivity contribution in [3.05, 3.63) is 71.1 Å². The average Bonchev–Trinajstić information content (AvgIpc) is 2.51. The number of anilines is 1. The van der Waals surface area contributed by atoms with E-state index in [0.717, 1.165) is 12.0 Å². The lowest BCUT2D eigenvalue weighted by Gasteiger charge is -2.05. The van der Waals surface area contributed by atoms with Crippen molar-refractivity contribution in [2.75, 3.05) is 5.32 Å². The molecular weight excluding hydrogens is 315 g/mol. The van der Waals surface area contributed by atoms with Gasteiger partial charge < -0.3 is 5.32 Å². The number of rotatable bonds is 5.